The molecular weight excluding hydrogens is 506 g/mol. The number of hydrogen-bond acceptors (Lipinski definition) is 6. The zero-order valence-electron chi connectivity index (χ0n) is 18.6. The summed E-state index contributed by atoms with van der Waals surface area (Å²) in [6.45, 7) is 15.7. The summed E-state index contributed by atoms with van der Waals surface area (Å²) >= 11 is 11.6. The molecule has 13 heteroatoms. The predicted molar refractivity (Wildman–Crippen MR) is 130 cm³/mol. The van der Waals surface area contributed by atoms with Gasteiger partial charge in [0.1, 0.15) is 17.9 Å². The van der Waals surface area contributed by atoms with Crippen LogP contribution < -0.4 is 11.1 Å². The molecule has 0 aliphatic rings. The molecule has 0 amide bonds. The van der Waals surface area contributed by atoms with Crippen LogP contribution in [0.15, 0.2) is 24.3 Å². The lowest BCUT2D eigenvalue weighted by atomic mass is 10.1. The Kier molecular flexibility index (Phi) is 13.9. The SMILES string of the molecule is N[C@H](CO)C(=O)O.[C-]#[N+]c1ccc(F)c(C)c1Cl.[C-]#[N+]c1ccc(N[C@H](CO)C(=O)O)c(C)c1Cl. The van der Waals surface area contributed by atoms with Crippen molar-refractivity contribution in [3.63, 3.8) is 0 Å². The molecular formula is C22H23Cl2FN4O6. The molecule has 0 bridgehead atoms. The first-order valence-corrected chi connectivity index (χ1v) is 10.3. The number of nitrogens with zero attached hydrogens (tertiary/aromatic N) is 2. The molecule has 0 unspecified atom stereocenters. The van der Waals surface area contributed by atoms with E-state index in [1.165, 1.54) is 18.2 Å². The summed E-state index contributed by atoms with van der Waals surface area (Å²) in [6.07, 6.45) is 0. The van der Waals surface area contributed by atoms with E-state index in [-0.39, 0.29) is 15.9 Å². The van der Waals surface area contributed by atoms with Crippen molar-refractivity contribution in [2.75, 3.05) is 18.5 Å². The molecule has 35 heavy (non-hydrogen) atoms. The first-order valence-electron chi connectivity index (χ1n) is 9.54. The number of anilines is 1. The lowest BCUT2D eigenvalue weighted by Crippen LogP contribution is -2.33. The molecule has 7 N–H and O–H groups in total. The Balaban J connectivity index is 0.000000550. The van der Waals surface area contributed by atoms with E-state index in [4.69, 9.17) is 62.5 Å². The Labute approximate surface area is 211 Å². The van der Waals surface area contributed by atoms with E-state index >= 15 is 0 Å². The Hall–Kier alpha value is -3.45. The summed E-state index contributed by atoms with van der Waals surface area (Å²) in [5.41, 5.74) is 6.78. The maximum atomic E-state index is 12.7. The zero-order valence-corrected chi connectivity index (χ0v) is 20.1. The van der Waals surface area contributed by atoms with E-state index < -0.39 is 37.2 Å². The number of aliphatic carboxylic acids is 2. The van der Waals surface area contributed by atoms with Crippen molar-refractivity contribution < 1.29 is 34.4 Å². The average Bonchev–Trinajstić information content (AvgIpc) is 2.83. The Morgan fingerprint density at radius 1 is 0.971 bits per heavy atom. The van der Waals surface area contributed by atoms with Crippen molar-refractivity contribution in [3.05, 3.63) is 74.1 Å². The van der Waals surface area contributed by atoms with E-state index in [1.54, 1.807) is 19.9 Å². The molecule has 0 saturated carbocycles. The number of benzene rings is 2. The molecule has 0 spiro atoms. The molecule has 188 valence electrons. The fourth-order valence-electron chi connectivity index (χ4n) is 2.10. The maximum Gasteiger partial charge on any atom is 0.328 e. The van der Waals surface area contributed by atoms with Crippen molar-refractivity contribution in [2.45, 2.75) is 25.9 Å². The Bertz CT molecular complexity index is 1130. The third kappa shape index (κ3) is 9.74. The highest BCUT2D eigenvalue weighted by atomic mass is 35.5. The Morgan fingerprint density at radius 2 is 1.46 bits per heavy atom. The number of carboxylic acids is 2. The van der Waals surface area contributed by atoms with Crippen molar-refractivity contribution in [2.24, 2.45) is 5.73 Å². The largest absolute Gasteiger partial charge is 0.480 e. The van der Waals surface area contributed by atoms with E-state index in [0.29, 0.717) is 28.2 Å². The summed E-state index contributed by atoms with van der Waals surface area (Å²) in [4.78, 5) is 26.8. The second-order valence-electron chi connectivity index (χ2n) is 6.65. The third-order valence-corrected chi connectivity index (χ3v) is 5.19. The maximum absolute atomic E-state index is 12.7. The molecule has 0 aliphatic carbocycles. The number of nitrogens with one attached hydrogen (secondary N) is 1. The second kappa shape index (κ2) is 15.5. The highest BCUT2D eigenvalue weighted by Crippen LogP contribution is 2.33. The van der Waals surface area contributed by atoms with Gasteiger partial charge in [0.05, 0.1) is 36.4 Å². The number of aliphatic hydroxyl groups is 2. The normalized spacial score (nSPS) is 11.3. The monoisotopic (exact) mass is 528 g/mol. The van der Waals surface area contributed by atoms with Gasteiger partial charge in [-0.25, -0.2) is 18.9 Å². The highest BCUT2D eigenvalue weighted by Gasteiger charge is 2.17. The van der Waals surface area contributed by atoms with Crippen molar-refractivity contribution in [3.8, 4) is 0 Å². The number of carbonyl (C=O) groups is 2. The molecule has 0 saturated heterocycles. The van der Waals surface area contributed by atoms with Gasteiger partial charge in [-0.15, -0.1) is 0 Å². The molecule has 10 nitrogen and oxygen atoms in total. The zero-order chi connectivity index (χ0) is 27.3. The van der Waals surface area contributed by atoms with Crippen molar-refractivity contribution >= 4 is 52.2 Å². The van der Waals surface area contributed by atoms with Gasteiger partial charge in [0.2, 0.25) is 11.4 Å². The van der Waals surface area contributed by atoms with Gasteiger partial charge in [-0.3, -0.25) is 4.79 Å². The minimum Gasteiger partial charge on any atom is -0.480 e. The predicted octanol–water partition coefficient (Wildman–Crippen LogP) is 3.79. The van der Waals surface area contributed by atoms with E-state index in [1.807, 2.05) is 0 Å². The molecule has 0 aromatic heterocycles. The lowest BCUT2D eigenvalue weighted by molar-refractivity contribution is -0.140. The molecule has 0 radical (unpaired) electrons. The standard InChI is InChI=1S/C11H11ClN2O3.C8H5ClFN.C3H7NO3/c1-6-7(14-9(5-15)11(16)17)3-4-8(13-2)10(6)12;1-5-6(10)3-4-7(11-2)8(5)9;4-2(1-5)3(6)7/h3-4,9,14-15H,5H2,1H3,(H,16,17);3-4H,1H3;2,5H,1,4H2,(H,6,7)/t9-;;2-/m1.1/s1. The van der Waals surface area contributed by atoms with E-state index in [9.17, 15) is 14.0 Å². The fourth-order valence-corrected chi connectivity index (χ4v) is 2.50. The van der Waals surface area contributed by atoms with Crippen LogP contribution in [-0.2, 0) is 9.59 Å². The number of rotatable bonds is 6. The number of aliphatic hydroxyl groups excluding tert-OH is 2. The van der Waals surface area contributed by atoms with Crippen LogP contribution in [0, 0.1) is 32.8 Å². The van der Waals surface area contributed by atoms with Gasteiger partial charge in [0.15, 0.2) is 0 Å². The smallest absolute Gasteiger partial charge is 0.328 e. The minimum absolute atomic E-state index is 0.208. The van der Waals surface area contributed by atoms with Gasteiger partial charge in [-0.05, 0) is 37.1 Å². The molecule has 2 atom stereocenters. The summed E-state index contributed by atoms with van der Waals surface area (Å²) in [5.74, 6) is -2.71. The van der Waals surface area contributed by atoms with Gasteiger partial charge >= 0.3 is 11.9 Å². The number of halogens is 3. The summed E-state index contributed by atoms with van der Waals surface area (Å²) in [7, 11) is 0. The van der Waals surface area contributed by atoms with Gasteiger partial charge in [0.25, 0.3) is 0 Å². The molecule has 2 aromatic carbocycles. The van der Waals surface area contributed by atoms with Crippen LogP contribution in [0.4, 0.5) is 21.5 Å². The summed E-state index contributed by atoms with van der Waals surface area (Å²) < 4.78 is 12.7. The third-order valence-electron chi connectivity index (χ3n) is 4.23. The van der Waals surface area contributed by atoms with E-state index in [2.05, 4.69) is 15.0 Å². The summed E-state index contributed by atoms with van der Waals surface area (Å²) in [6, 6.07) is 3.47. The van der Waals surface area contributed by atoms with Gasteiger partial charge in [-0.2, -0.15) is 0 Å². The van der Waals surface area contributed by atoms with Crippen molar-refractivity contribution in [1.29, 1.82) is 0 Å². The molecule has 2 aromatic rings. The first-order chi connectivity index (χ1) is 16.4. The summed E-state index contributed by atoms with van der Waals surface area (Å²) in [5, 5.41) is 36.7. The van der Waals surface area contributed by atoms with Crippen LogP contribution in [0.2, 0.25) is 10.0 Å². The fraction of sp³-hybridized carbons (Fsp3) is 0.273. The van der Waals surface area contributed by atoms with Crippen LogP contribution >= 0.6 is 23.2 Å². The van der Waals surface area contributed by atoms with Gasteiger partial charge in [0, 0.05) is 5.69 Å². The average molecular weight is 529 g/mol. The molecule has 2 rings (SSSR count). The Morgan fingerprint density at radius 3 is 1.83 bits per heavy atom. The second-order valence-corrected chi connectivity index (χ2v) is 7.40. The number of nitrogens with two attached hydrogens (primary N) is 1. The highest BCUT2D eigenvalue weighted by molar-refractivity contribution is 6.34. The first kappa shape index (κ1) is 31.6. The van der Waals surface area contributed by atoms with Crippen LogP contribution in [0.5, 0.6) is 0 Å². The van der Waals surface area contributed by atoms with Crippen LogP contribution in [0.1, 0.15) is 11.1 Å². The topological polar surface area (TPSA) is 162 Å². The van der Waals surface area contributed by atoms with Gasteiger partial charge < -0.3 is 31.5 Å². The lowest BCUT2D eigenvalue weighted by Gasteiger charge is -2.16. The quantitative estimate of drug-likeness (QED) is 0.308. The van der Waals surface area contributed by atoms with Crippen LogP contribution in [0.25, 0.3) is 9.69 Å². The van der Waals surface area contributed by atoms with Gasteiger partial charge in [-0.1, -0.05) is 35.3 Å². The van der Waals surface area contributed by atoms with Crippen molar-refractivity contribution in [1.82, 2.24) is 0 Å². The molecule has 0 heterocycles. The van der Waals surface area contributed by atoms with Crippen LogP contribution in [0.3, 0.4) is 0 Å². The van der Waals surface area contributed by atoms with E-state index in [0.717, 1.165) is 0 Å². The molecule has 0 aliphatic heterocycles. The number of hydrogen-bond donors (Lipinski definition) is 6. The number of carboxylic acid groups (broad SMARTS) is 2. The minimum atomic E-state index is -1.18. The van der Waals surface area contributed by atoms with Crippen LogP contribution in [-0.4, -0.2) is 57.7 Å². The molecule has 0 fully saturated rings.